The van der Waals surface area contributed by atoms with Crippen molar-refractivity contribution in [3.63, 3.8) is 0 Å². The van der Waals surface area contributed by atoms with Crippen molar-refractivity contribution in [3.8, 4) is 0 Å². The number of nitrogens with one attached hydrogen (secondary N) is 1. The molecule has 1 heterocycles. The molecule has 1 N–H and O–H groups in total. The average Bonchev–Trinajstić information content (AvgIpc) is 2.67. The largest absolute Gasteiger partial charge is 0.312 e. The lowest BCUT2D eigenvalue weighted by atomic mass is 9.88. The third kappa shape index (κ3) is 5.55. The number of rotatable bonds is 7. The summed E-state index contributed by atoms with van der Waals surface area (Å²) in [6.07, 6.45) is 2.29. The Kier molecular flexibility index (Phi) is 5.65. The van der Waals surface area contributed by atoms with E-state index < -0.39 is 0 Å². The Labute approximate surface area is 102 Å². The lowest BCUT2D eigenvalue weighted by Gasteiger charge is -2.24. The average molecular weight is 246 g/mol. The Morgan fingerprint density at radius 1 is 1.47 bits per heavy atom. The SMILES string of the molecule is CC(C)(CCCCl)CNCc1ccsc1. The van der Waals surface area contributed by atoms with Crippen LogP contribution in [-0.2, 0) is 6.54 Å². The van der Waals surface area contributed by atoms with Crippen LogP contribution in [0.5, 0.6) is 0 Å². The topological polar surface area (TPSA) is 12.0 Å². The lowest BCUT2D eigenvalue weighted by Crippen LogP contribution is -2.29. The lowest BCUT2D eigenvalue weighted by molar-refractivity contribution is 0.311. The van der Waals surface area contributed by atoms with Gasteiger partial charge in [-0.3, -0.25) is 0 Å². The van der Waals surface area contributed by atoms with Gasteiger partial charge < -0.3 is 5.32 Å². The number of hydrogen-bond acceptors (Lipinski definition) is 2. The van der Waals surface area contributed by atoms with Crippen LogP contribution in [0.2, 0.25) is 0 Å². The van der Waals surface area contributed by atoms with Crippen molar-refractivity contribution in [3.05, 3.63) is 22.4 Å². The zero-order valence-corrected chi connectivity index (χ0v) is 11.1. The molecule has 0 aliphatic heterocycles. The zero-order chi connectivity index (χ0) is 11.1. The maximum atomic E-state index is 5.70. The Balaban J connectivity index is 2.18. The first kappa shape index (κ1) is 13.0. The molecule has 1 aromatic heterocycles. The van der Waals surface area contributed by atoms with Crippen molar-refractivity contribution in [2.45, 2.75) is 33.2 Å². The molecule has 0 unspecified atom stereocenters. The molecular weight excluding hydrogens is 226 g/mol. The van der Waals surface area contributed by atoms with Gasteiger partial charge in [0.25, 0.3) is 0 Å². The Morgan fingerprint density at radius 2 is 2.27 bits per heavy atom. The normalized spacial score (nSPS) is 11.9. The third-order valence-corrected chi connectivity index (χ3v) is 3.50. The minimum Gasteiger partial charge on any atom is -0.312 e. The van der Waals surface area contributed by atoms with Crippen LogP contribution in [-0.4, -0.2) is 12.4 Å². The minimum absolute atomic E-state index is 0.352. The van der Waals surface area contributed by atoms with E-state index in [-0.39, 0.29) is 0 Å². The van der Waals surface area contributed by atoms with Gasteiger partial charge in [-0.1, -0.05) is 13.8 Å². The van der Waals surface area contributed by atoms with Gasteiger partial charge in [0.1, 0.15) is 0 Å². The van der Waals surface area contributed by atoms with E-state index in [1.165, 1.54) is 12.0 Å². The second-order valence-electron chi connectivity index (χ2n) is 4.69. The maximum Gasteiger partial charge on any atom is 0.0223 e. The summed E-state index contributed by atoms with van der Waals surface area (Å²) in [5, 5.41) is 7.81. The molecule has 0 atom stereocenters. The van der Waals surface area contributed by atoms with E-state index in [4.69, 9.17) is 11.6 Å². The summed E-state index contributed by atoms with van der Waals surface area (Å²) in [5.41, 5.74) is 1.73. The van der Waals surface area contributed by atoms with Gasteiger partial charge in [-0.2, -0.15) is 11.3 Å². The molecule has 3 heteroatoms. The van der Waals surface area contributed by atoms with Crippen LogP contribution in [0.1, 0.15) is 32.3 Å². The van der Waals surface area contributed by atoms with Gasteiger partial charge in [-0.05, 0) is 40.6 Å². The fourth-order valence-electron chi connectivity index (χ4n) is 1.57. The second-order valence-corrected chi connectivity index (χ2v) is 5.85. The summed E-state index contributed by atoms with van der Waals surface area (Å²) in [4.78, 5) is 0. The molecule has 0 bridgehead atoms. The number of halogens is 1. The maximum absolute atomic E-state index is 5.70. The Hall–Kier alpha value is -0.0500. The van der Waals surface area contributed by atoms with E-state index in [1.807, 2.05) is 0 Å². The highest BCUT2D eigenvalue weighted by molar-refractivity contribution is 7.07. The highest BCUT2D eigenvalue weighted by Gasteiger charge is 2.16. The minimum atomic E-state index is 0.352. The van der Waals surface area contributed by atoms with Crippen LogP contribution in [0.3, 0.4) is 0 Å². The summed E-state index contributed by atoms with van der Waals surface area (Å²) in [6.45, 7) is 6.62. The molecule has 0 amide bonds. The molecule has 1 rings (SSSR count). The molecule has 0 aromatic carbocycles. The van der Waals surface area contributed by atoms with Crippen molar-refractivity contribution in [1.29, 1.82) is 0 Å². The molecule has 86 valence electrons. The zero-order valence-electron chi connectivity index (χ0n) is 9.55. The van der Waals surface area contributed by atoms with E-state index in [2.05, 4.69) is 36.0 Å². The molecule has 15 heavy (non-hydrogen) atoms. The van der Waals surface area contributed by atoms with E-state index in [0.717, 1.165) is 25.4 Å². The van der Waals surface area contributed by atoms with Gasteiger partial charge >= 0.3 is 0 Å². The molecular formula is C12H20ClNS. The Morgan fingerprint density at radius 3 is 2.87 bits per heavy atom. The fraction of sp³-hybridized carbons (Fsp3) is 0.667. The molecule has 0 aliphatic rings. The quantitative estimate of drug-likeness (QED) is 0.719. The first-order valence-electron chi connectivity index (χ1n) is 5.42. The number of thiophene rings is 1. The molecule has 0 fully saturated rings. The summed E-state index contributed by atoms with van der Waals surface area (Å²) in [5.74, 6) is 0.772. The van der Waals surface area contributed by atoms with Gasteiger partial charge in [0.15, 0.2) is 0 Å². The van der Waals surface area contributed by atoms with Gasteiger partial charge in [-0.25, -0.2) is 0 Å². The molecule has 0 radical (unpaired) electrons. The monoisotopic (exact) mass is 245 g/mol. The predicted octanol–water partition coefficient (Wildman–Crippen LogP) is 3.88. The smallest absolute Gasteiger partial charge is 0.0223 e. The summed E-state index contributed by atoms with van der Waals surface area (Å²) in [7, 11) is 0. The molecule has 1 nitrogen and oxygen atoms in total. The van der Waals surface area contributed by atoms with E-state index in [1.54, 1.807) is 11.3 Å². The van der Waals surface area contributed by atoms with E-state index in [0.29, 0.717) is 5.41 Å². The van der Waals surface area contributed by atoms with Crippen molar-refractivity contribution in [2.24, 2.45) is 5.41 Å². The molecule has 0 aliphatic carbocycles. The van der Waals surface area contributed by atoms with Gasteiger partial charge in [0.2, 0.25) is 0 Å². The van der Waals surface area contributed by atoms with Crippen LogP contribution >= 0.6 is 22.9 Å². The van der Waals surface area contributed by atoms with Crippen LogP contribution in [0.15, 0.2) is 16.8 Å². The summed E-state index contributed by atoms with van der Waals surface area (Å²) < 4.78 is 0. The standard InChI is InChI=1S/C12H20ClNS/c1-12(2,5-3-6-13)10-14-8-11-4-7-15-9-11/h4,7,9,14H,3,5-6,8,10H2,1-2H3. The first-order chi connectivity index (χ1) is 7.14. The van der Waals surface area contributed by atoms with Crippen LogP contribution in [0, 0.1) is 5.41 Å². The second kappa shape index (κ2) is 6.51. The van der Waals surface area contributed by atoms with Gasteiger partial charge in [0.05, 0.1) is 0 Å². The van der Waals surface area contributed by atoms with Crippen molar-refractivity contribution in [2.75, 3.05) is 12.4 Å². The van der Waals surface area contributed by atoms with Crippen molar-refractivity contribution >= 4 is 22.9 Å². The third-order valence-electron chi connectivity index (χ3n) is 2.50. The summed E-state index contributed by atoms with van der Waals surface area (Å²) in [6, 6.07) is 2.17. The molecule has 0 saturated heterocycles. The van der Waals surface area contributed by atoms with Crippen LogP contribution in [0.4, 0.5) is 0 Å². The first-order valence-corrected chi connectivity index (χ1v) is 6.89. The van der Waals surface area contributed by atoms with Gasteiger partial charge in [0, 0.05) is 19.0 Å². The Bertz CT molecular complexity index is 257. The molecule has 1 aromatic rings. The van der Waals surface area contributed by atoms with Crippen LogP contribution in [0.25, 0.3) is 0 Å². The van der Waals surface area contributed by atoms with E-state index in [9.17, 15) is 0 Å². The van der Waals surface area contributed by atoms with Crippen molar-refractivity contribution < 1.29 is 0 Å². The number of hydrogen-bond donors (Lipinski definition) is 1. The van der Waals surface area contributed by atoms with Crippen LogP contribution < -0.4 is 5.32 Å². The van der Waals surface area contributed by atoms with Crippen molar-refractivity contribution in [1.82, 2.24) is 5.32 Å². The summed E-state index contributed by atoms with van der Waals surface area (Å²) >= 11 is 7.46. The molecule has 0 saturated carbocycles. The highest BCUT2D eigenvalue weighted by Crippen LogP contribution is 2.21. The molecule has 0 spiro atoms. The number of alkyl halides is 1. The highest BCUT2D eigenvalue weighted by atomic mass is 35.5. The van der Waals surface area contributed by atoms with E-state index >= 15 is 0 Å². The predicted molar refractivity (Wildman–Crippen MR) is 69.8 cm³/mol. The fourth-order valence-corrected chi connectivity index (χ4v) is 2.37. The van der Waals surface area contributed by atoms with Gasteiger partial charge in [-0.15, -0.1) is 11.6 Å².